The van der Waals surface area contributed by atoms with Crippen molar-refractivity contribution in [2.45, 2.75) is 58.7 Å². The van der Waals surface area contributed by atoms with Crippen molar-refractivity contribution in [3.63, 3.8) is 0 Å². The van der Waals surface area contributed by atoms with Gasteiger partial charge in [0.15, 0.2) is 5.82 Å². The zero-order valence-corrected chi connectivity index (χ0v) is 21.7. The highest BCUT2D eigenvalue weighted by Crippen LogP contribution is 2.36. The molecular weight excluding hydrogens is 450 g/mol. The summed E-state index contributed by atoms with van der Waals surface area (Å²) < 4.78 is 12.9. The van der Waals surface area contributed by atoms with E-state index in [4.69, 9.17) is 9.16 Å². The van der Waals surface area contributed by atoms with Gasteiger partial charge in [-0.05, 0) is 56.6 Å². The highest BCUT2D eigenvalue weighted by molar-refractivity contribution is 6.54. The molecule has 0 N–H and O–H groups in total. The smallest absolute Gasteiger partial charge is 0.435 e. The van der Waals surface area contributed by atoms with Gasteiger partial charge in [0.1, 0.15) is 11.4 Å². The van der Waals surface area contributed by atoms with Crippen LogP contribution in [0.5, 0.6) is 5.75 Å². The molecule has 1 atom stereocenters. The van der Waals surface area contributed by atoms with Gasteiger partial charge < -0.3 is 9.16 Å². The molecule has 3 aromatic rings. The first-order chi connectivity index (χ1) is 15.8. The number of amides is 2. The Morgan fingerprint density at radius 2 is 1.53 bits per heavy atom. The number of ether oxygens (including phenoxy) is 1. The minimum atomic E-state index is -1.61. The Morgan fingerprint density at radius 3 is 2.06 bits per heavy atom. The van der Waals surface area contributed by atoms with Crippen LogP contribution in [0.1, 0.15) is 62.3 Å². The van der Waals surface area contributed by atoms with E-state index >= 15 is 0 Å². The molecule has 0 saturated carbocycles. The molecule has 1 aliphatic rings. The summed E-state index contributed by atoms with van der Waals surface area (Å²) in [7, 11) is -1.61. The van der Waals surface area contributed by atoms with Gasteiger partial charge in [-0.3, -0.25) is 9.59 Å². The summed E-state index contributed by atoms with van der Waals surface area (Å²) in [6, 6.07) is 11.8. The number of anilines is 1. The molecule has 0 spiro atoms. The van der Waals surface area contributed by atoms with E-state index < -0.39 is 32.5 Å². The van der Waals surface area contributed by atoms with Gasteiger partial charge in [-0.1, -0.05) is 32.9 Å². The first kappa shape index (κ1) is 23.7. The fraction of sp³-hybridized carbons (Fsp3) is 0.360. The van der Waals surface area contributed by atoms with E-state index in [1.54, 1.807) is 63.2 Å². The number of fused-ring (bicyclic) bond motifs is 2. The molecule has 8 nitrogen and oxygen atoms in total. The Balaban J connectivity index is 1.84. The van der Waals surface area contributed by atoms with Gasteiger partial charge in [0.25, 0.3) is 11.8 Å². The van der Waals surface area contributed by atoms with E-state index in [1.807, 2.05) is 0 Å². The first-order valence-corrected chi connectivity index (χ1v) is 13.4. The highest BCUT2D eigenvalue weighted by atomic mass is 28.3. The zero-order valence-electron chi connectivity index (χ0n) is 20.5. The molecule has 2 heterocycles. The van der Waals surface area contributed by atoms with E-state index in [1.165, 1.54) is 0 Å². The first-order valence-electron chi connectivity index (χ1n) is 11.2. The quantitative estimate of drug-likeness (QED) is 0.381. The summed E-state index contributed by atoms with van der Waals surface area (Å²) in [5.74, 6) is -0.282. The summed E-state index contributed by atoms with van der Waals surface area (Å²) in [6.07, 6.45) is -0.710. The van der Waals surface area contributed by atoms with Crippen molar-refractivity contribution in [1.29, 1.82) is 0 Å². The van der Waals surface area contributed by atoms with E-state index in [2.05, 4.69) is 32.4 Å². The molecule has 1 aliphatic heterocycles. The van der Waals surface area contributed by atoms with Crippen molar-refractivity contribution in [3.05, 3.63) is 53.6 Å². The molecule has 4 rings (SSSR count). The lowest BCUT2D eigenvalue weighted by molar-refractivity contribution is 0.0521. The third-order valence-electron chi connectivity index (χ3n) is 5.74. The van der Waals surface area contributed by atoms with Gasteiger partial charge in [0.2, 0.25) is 9.04 Å². The Morgan fingerprint density at radius 1 is 0.941 bits per heavy atom. The number of benzene rings is 2. The van der Waals surface area contributed by atoms with Crippen LogP contribution in [0.15, 0.2) is 42.5 Å². The lowest BCUT2D eigenvalue weighted by Gasteiger charge is -2.26. The maximum atomic E-state index is 13.1. The third-order valence-corrected chi connectivity index (χ3v) is 8.80. The fourth-order valence-corrected chi connectivity index (χ4v) is 4.43. The summed E-state index contributed by atoms with van der Waals surface area (Å²) >= 11 is 0. The molecule has 1 unspecified atom stereocenters. The van der Waals surface area contributed by atoms with Crippen molar-refractivity contribution in [2.75, 3.05) is 4.90 Å². The average molecular weight is 480 g/mol. The Labute approximate surface area is 200 Å². The van der Waals surface area contributed by atoms with Crippen LogP contribution in [0, 0.1) is 0 Å². The number of hydrogen-bond acceptors (Lipinski definition) is 6. The summed E-state index contributed by atoms with van der Waals surface area (Å²) in [5, 5.41) is 4.89. The van der Waals surface area contributed by atoms with Gasteiger partial charge in [-0.25, -0.2) is 9.69 Å². The van der Waals surface area contributed by atoms with Crippen LogP contribution >= 0.6 is 0 Å². The molecule has 0 aliphatic carbocycles. The second-order valence-corrected chi connectivity index (χ2v) is 13.8. The largest absolute Gasteiger partial charge is 0.546 e. The number of aromatic nitrogens is 2. The Bertz CT molecular complexity index is 1280. The number of carbonyl (C=O) groups is 3. The fourth-order valence-electron chi connectivity index (χ4n) is 3.52. The van der Waals surface area contributed by atoms with Crippen LogP contribution in [0.2, 0.25) is 11.6 Å². The van der Waals surface area contributed by atoms with Gasteiger partial charge in [-0.2, -0.15) is 4.68 Å². The molecular formula is C25H29N3O5Si. The van der Waals surface area contributed by atoms with E-state index in [0.717, 1.165) is 9.58 Å². The molecule has 9 heteroatoms. The van der Waals surface area contributed by atoms with Gasteiger partial charge in [0, 0.05) is 11.5 Å². The molecule has 0 fully saturated rings. The van der Waals surface area contributed by atoms with Crippen molar-refractivity contribution in [1.82, 2.24) is 9.78 Å². The monoisotopic (exact) mass is 479 g/mol. The maximum absolute atomic E-state index is 13.1. The van der Waals surface area contributed by atoms with Gasteiger partial charge in [-0.15, -0.1) is 5.10 Å². The van der Waals surface area contributed by atoms with E-state index in [-0.39, 0.29) is 10.9 Å². The summed E-state index contributed by atoms with van der Waals surface area (Å²) in [6.45, 7) is 13.8. The van der Waals surface area contributed by atoms with Gasteiger partial charge >= 0.3 is 6.09 Å². The average Bonchev–Trinajstić information content (AvgIpc) is 3.21. The molecule has 1 aromatic heterocycles. The summed E-state index contributed by atoms with van der Waals surface area (Å²) in [4.78, 5) is 40.3. The van der Waals surface area contributed by atoms with E-state index in [0.29, 0.717) is 27.8 Å². The molecule has 0 radical (unpaired) electrons. The predicted molar refractivity (Wildman–Crippen MR) is 132 cm³/mol. The van der Waals surface area contributed by atoms with Crippen molar-refractivity contribution in [3.8, 4) is 5.75 Å². The number of hydrogen-bond donors (Lipinski definition) is 0. The third kappa shape index (κ3) is 4.23. The predicted octanol–water partition coefficient (Wildman–Crippen LogP) is 5.15. The highest BCUT2D eigenvalue weighted by Gasteiger charge is 2.39. The van der Waals surface area contributed by atoms with Crippen LogP contribution in [0.25, 0.3) is 10.9 Å². The SMILES string of the molecule is C[SiH](Oc1ccc2c(N3C(=O)c4ccccc4C3=O)nn(C(=O)OC(C)(C)C)c2c1)C(C)(C)C. The lowest BCUT2D eigenvalue weighted by Crippen LogP contribution is -2.31. The molecule has 0 bridgehead atoms. The van der Waals surface area contributed by atoms with Crippen molar-refractivity contribution >= 4 is 43.7 Å². The van der Waals surface area contributed by atoms with Gasteiger partial charge in [0.05, 0.1) is 16.6 Å². The van der Waals surface area contributed by atoms with Crippen LogP contribution in [-0.2, 0) is 4.74 Å². The molecule has 2 aromatic carbocycles. The zero-order chi connectivity index (χ0) is 25.0. The maximum Gasteiger partial charge on any atom is 0.435 e. The van der Waals surface area contributed by atoms with Crippen molar-refractivity contribution < 1.29 is 23.5 Å². The Hall–Kier alpha value is -3.46. The minimum absolute atomic E-state index is 0.0334. The Kier molecular flexibility index (Phi) is 5.63. The second kappa shape index (κ2) is 8.09. The van der Waals surface area contributed by atoms with Crippen molar-refractivity contribution in [2.24, 2.45) is 0 Å². The number of nitrogens with zero attached hydrogens (tertiary/aromatic N) is 3. The second-order valence-electron chi connectivity index (χ2n) is 10.5. The van der Waals surface area contributed by atoms with Crippen LogP contribution in [0.4, 0.5) is 10.6 Å². The standard InChI is InChI=1S/C25H29N3O5Si/c1-24(2,3)32-23(31)28-19-14-15(33-34(7)25(4,5)6)12-13-18(19)20(26-28)27-21(29)16-10-8-9-11-17(16)22(27)30/h8-14,34H,1-7H3. The molecule has 0 saturated heterocycles. The molecule has 178 valence electrons. The lowest BCUT2D eigenvalue weighted by atomic mass is 10.1. The molecule has 2 amide bonds. The number of rotatable bonds is 3. The number of imide groups is 1. The normalized spacial score (nSPS) is 15.0. The number of carbonyl (C=O) groups excluding carboxylic acids is 3. The minimum Gasteiger partial charge on any atom is -0.546 e. The van der Waals surface area contributed by atoms with E-state index in [9.17, 15) is 14.4 Å². The van der Waals surface area contributed by atoms with Crippen LogP contribution in [-0.4, -0.2) is 42.3 Å². The van der Waals surface area contributed by atoms with Crippen LogP contribution in [0.3, 0.4) is 0 Å². The summed E-state index contributed by atoms with van der Waals surface area (Å²) in [5.41, 5.74) is 0.246. The topological polar surface area (TPSA) is 90.7 Å². The molecule has 34 heavy (non-hydrogen) atoms. The van der Waals surface area contributed by atoms with Crippen LogP contribution < -0.4 is 9.33 Å².